The lowest BCUT2D eigenvalue weighted by molar-refractivity contribution is 0.365. The van der Waals surface area contributed by atoms with E-state index in [0.29, 0.717) is 5.92 Å². The number of rotatable bonds is 2. The first-order valence-corrected chi connectivity index (χ1v) is 4.58. The Hall–Kier alpha value is -1.50. The van der Waals surface area contributed by atoms with Gasteiger partial charge < -0.3 is 0 Å². The van der Waals surface area contributed by atoms with E-state index < -0.39 is 0 Å². The molecule has 2 rings (SSSR count). The summed E-state index contributed by atoms with van der Waals surface area (Å²) in [5.74, 6) is 0.397. The summed E-state index contributed by atoms with van der Waals surface area (Å²) in [6, 6.07) is -0.0675. The zero-order chi connectivity index (χ0) is 10.2. The SMILES string of the molecule is CC12CC(C=C1N=C=O)CC2N=C=O. The van der Waals surface area contributed by atoms with Gasteiger partial charge in [0.1, 0.15) is 0 Å². The topological polar surface area (TPSA) is 58.9 Å². The molecule has 0 spiro atoms. The fraction of sp³-hybridized carbons (Fsp3) is 0.600. The summed E-state index contributed by atoms with van der Waals surface area (Å²) in [4.78, 5) is 27.9. The summed E-state index contributed by atoms with van der Waals surface area (Å²) >= 11 is 0. The van der Waals surface area contributed by atoms with Crippen LogP contribution >= 0.6 is 0 Å². The molecule has 1 fully saturated rings. The Labute approximate surface area is 81.4 Å². The zero-order valence-electron chi connectivity index (χ0n) is 7.86. The van der Waals surface area contributed by atoms with Gasteiger partial charge in [0.05, 0.1) is 11.7 Å². The van der Waals surface area contributed by atoms with Crippen LogP contribution in [-0.4, -0.2) is 18.2 Å². The first-order valence-electron chi connectivity index (χ1n) is 4.58. The van der Waals surface area contributed by atoms with Crippen molar-refractivity contribution in [1.29, 1.82) is 0 Å². The molecule has 0 N–H and O–H groups in total. The number of aliphatic imine (C=N–C) groups is 2. The number of carbonyl (C=O) groups excluding carboxylic acids is 2. The third kappa shape index (κ3) is 1.09. The van der Waals surface area contributed by atoms with Gasteiger partial charge in [0.15, 0.2) is 0 Å². The molecule has 14 heavy (non-hydrogen) atoms. The van der Waals surface area contributed by atoms with E-state index in [9.17, 15) is 9.59 Å². The Morgan fingerprint density at radius 1 is 1.50 bits per heavy atom. The third-order valence-corrected chi connectivity index (χ3v) is 3.30. The molecule has 0 aromatic carbocycles. The van der Waals surface area contributed by atoms with Gasteiger partial charge >= 0.3 is 0 Å². The number of fused-ring (bicyclic) bond motifs is 2. The summed E-state index contributed by atoms with van der Waals surface area (Å²) in [6.07, 6.45) is 6.91. The van der Waals surface area contributed by atoms with Gasteiger partial charge in [0, 0.05) is 5.41 Å². The molecular weight excluding hydrogens is 180 g/mol. The van der Waals surface area contributed by atoms with Crippen LogP contribution in [0, 0.1) is 11.3 Å². The van der Waals surface area contributed by atoms with Crippen LogP contribution in [-0.2, 0) is 9.59 Å². The normalized spacial score (nSPS) is 38.5. The molecule has 1 saturated carbocycles. The summed E-state index contributed by atoms with van der Waals surface area (Å²) in [7, 11) is 0. The van der Waals surface area contributed by atoms with Crippen molar-refractivity contribution in [2.24, 2.45) is 21.3 Å². The molecule has 0 amide bonds. The number of hydrogen-bond donors (Lipinski definition) is 0. The van der Waals surface area contributed by atoms with Gasteiger partial charge in [-0.1, -0.05) is 13.0 Å². The molecule has 0 heterocycles. The minimum absolute atomic E-state index is 0.0675. The predicted octanol–water partition coefficient (Wildman–Crippen LogP) is 1.34. The van der Waals surface area contributed by atoms with Crippen LogP contribution in [0.1, 0.15) is 19.8 Å². The summed E-state index contributed by atoms with van der Waals surface area (Å²) < 4.78 is 0. The van der Waals surface area contributed by atoms with E-state index >= 15 is 0 Å². The molecule has 2 aliphatic carbocycles. The highest BCUT2D eigenvalue weighted by Gasteiger charge is 2.51. The highest BCUT2D eigenvalue weighted by atomic mass is 16.1. The molecule has 4 nitrogen and oxygen atoms in total. The summed E-state index contributed by atoms with van der Waals surface area (Å²) in [5, 5.41) is 0. The molecule has 2 bridgehead atoms. The first-order chi connectivity index (χ1) is 6.70. The number of isocyanates is 2. The molecule has 0 saturated heterocycles. The Morgan fingerprint density at radius 2 is 2.29 bits per heavy atom. The van der Waals surface area contributed by atoms with Crippen LogP contribution in [0.2, 0.25) is 0 Å². The highest BCUT2D eigenvalue weighted by molar-refractivity contribution is 5.43. The Morgan fingerprint density at radius 3 is 2.86 bits per heavy atom. The van der Waals surface area contributed by atoms with Crippen molar-refractivity contribution in [3.05, 3.63) is 11.8 Å². The molecule has 0 aromatic rings. The number of nitrogens with zero attached hydrogens (tertiary/aromatic N) is 2. The molecule has 2 aliphatic rings. The van der Waals surface area contributed by atoms with E-state index in [1.54, 1.807) is 12.2 Å². The van der Waals surface area contributed by atoms with E-state index in [1.165, 1.54) is 0 Å². The van der Waals surface area contributed by atoms with Gasteiger partial charge in [-0.3, -0.25) is 0 Å². The van der Waals surface area contributed by atoms with E-state index in [4.69, 9.17) is 0 Å². The van der Waals surface area contributed by atoms with Crippen LogP contribution in [0.3, 0.4) is 0 Å². The molecule has 0 radical (unpaired) electrons. The van der Waals surface area contributed by atoms with Gasteiger partial charge in [-0.15, -0.1) is 0 Å². The lowest BCUT2D eigenvalue weighted by Crippen LogP contribution is -2.26. The zero-order valence-corrected chi connectivity index (χ0v) is 7.86. The van der Waals surface area contributed by atoms with Crippen LogP contribution in [0.15, 0.2) is 21.8 Å². The van der Waals surface area contributed by atoms with Gasteiger partial charge in [-0.2, -0.15) is 4.99 Å². The van der Waals surface area contributed by atoms with Crippen molar-refractivity contribution >= 4 is 12.2 Å². The fourth-order valence-electron chi connectivity index (χ4n) is 2.60. The van der Waals surface area contributed by atoms with Crippen molar-refractivity contribution in [2.45, 2.75) is 25.8 Å². The predicted molar refractivity (Wildman–Crippen MR) is 48.9 cm³/mol. The maximum atomic E-state index is 10.2. The second-order valence-corrected chi connectivity index (χ2v) is 4.11. The summed E-state index contributed by atoms with van der Waals surface area (Å²) in [6.45, 7) is 1.98. The monoisotopic (exact) mass is 190 g/mol. The number of hydrogen-bond acceptors (Lipinski definition) is 4. The average molecular weight is 190 g/mol. The van der Waals surface area contributed by atoms with Crippen molar-refractivity contribution in [3.63, 3.8) is 0 Å². The molecule has 0 aliphatic heterocycles. The molecule has 3 atom stereocenters. The molecule has 0 aromatic heterocycles. The second-order valence-electron chi connectivity index (χ2n) is 4.11. The molecule has 72 valence electrons. The largest absolute Gasteiger partial charge is 0.240 e. The minimum atomic E-state index is -0.251. The van der Waals surface area contributed by atoms with Crippen molar-refractivity contribution in [1.82, 2.24) is 0 Å². The Balaban J connectivity index is 2.38. The van der Waals surface area contributed by atoms with Crippen LogP contribution in [0.5, 0.6) is 0 Å². The van der Waals surface area contributed by atoms with E-state index in [0.717, 1.165) is 18.5 Å². The lowest BCUT2D eigenvalue weighted by Gasteiger charge is -2.26. The van der Waals surface area contributed by atoms with Gasteiger partial charge in [-0.25, -0.2) is 14.6 Å². The fourth-order valence-corrected chi connectivity index (χ4v) is 2.60. The van der Waals surface area contributed by atoms with Crippen molar-refractivity contribution in [2.75, 3.05) is 0 Å². The smallest absolute Gasteiger partial charge is 0.211 e. The highest BCUT2D eigenvalue weighted by Crippen LogP contribution is 2.54. The average Bonchev–Trinajstić information content (AvgIpc) is 2.59. The van der Waals surface area contributed by atoms with E-state index in [2.05, 4.69) is 9.98 Å². The van der Waals surface area contributed by atoms with E-state index in [-0.39, 0.29) is 11.5 Å². The maximum Gasteiger partial charge on any atom is 0.240 e. The molecule has 4 heteroatoms. The second kappa shape index (κ2) is 3.02. The van der Waals surface area contributed by atoms with Crippen molar-refractivity contribution in [3.8, 4) is 0 Å². The molecular formula is C10H10N2O2. The van der Waals surface area contributed by atoms with E-state index in [1.807, 2.05) is 13.0 Å². The minimum Gasteiger partial charge on any atom is -0.211 e. The maximum absolute atomic E-state index is 10.2. The van der Waals surface area contributed by atoms with Crippen LogP contribution in [0.4, 0.5) is 0 Å². The number of allylic oxidation sites excluding steroid dienone is 1. The van der Waals surface area contributed by atoms with Gasteiger partial charge in [0.25, 0.3) is 0 Å². The Bertz CT molecular complexity index is 389. The standard InChI is InChI=1S/C10H10N2O2/c1-10-4-7(2-8(10)11-5-13)3-9(10)12-6-14/h2,7,9H,3-4H2,1H3. The lowest BCUT2D eigenvalue weighted by atomic mass is 9.83. The van der Waals surface area contributed by atoms with Gasteiger partial charge in [-0.05, 0) is 18.8 Å². The molecule has 3 unspecified atom stereocenters. The third-order valence-electron chi connectivity index (χ3n) is 3.30. The van der Waals surface area contributed by atoms with Crippen LogP contribution < -0.4 is 0 Å². The van der Waals surface area contributed by atoms with Crippen molar-refractivity contribution < 1.29 is 9.59 Å². The quantitative estimate of drug-likeness (QED) is 0.487. The van der Waals surface area contributed by atoms with Crippen LogP contribution in [0.25, 0.3) is 0 Å². The Kier molecular flexibility index (Phi) is 1.95. The summed E-state index contributed by atoms with van der Waals surface area (Å²) in [5.41, 5.74) is 0.479. The van der Waals surface area contributed by atoms with Gasteiger partial charge in [0.2, 0.25) is 12.2 Å². The first kappa shape index (κ1) is 9.07.